The molecule has 0 saturated carbocycles. The van der Waals surface area contributed by atoms with Crippen LogP contribution in [0.5, 0.6) is 5.75 Å². The van der Waals surface area contributed by atoms with Gasteiger partial charge in [0.05, 0.1) is 11.3 Å². The Kier molecular flexibility index (Phi) is 7.21. The van der Waals surface area contributed by atoms with Gasteiger partial charge in [0.2, 0.25) is 0 Å². The minimum atomic E-state index is -0.312. The van der Waals surface area contributed by atoms with Crippen molar-refractivity contribution in [1.82, 2.24) is 5.32 Å². The molecule has 0 saturated heterocycles. The average Bonchev–Trinajstić information content (AvgIpc) is 2.66. The fourth-order valence-electron chi connectivity index (χ4n) is 2.74. The largest absolute Gasteiger partial charge is 0.483 e. The number of hydrogen-bond donors (Lipinski definition) is 2. The maximum atomic E-state index is 12.5. The Morgan fingerprint density at radius 2 is 1.68 bits per heavy atom. The summed E-state index contributed by atoms with van der Waals surface area (Å²) in [6, 6.07) is 14.7. The molecule has 0 aliphatic rings. The van der Waals surface area contributed by atoms with Crippen LogP contribution >= 0.6 is 0 Å². The zero-order chi connectivity index (χ0) is 20.7. The molecular formula is C23H30N2O3. The predicted octanol–water partition coefficient (Wildman–Crippen LogP) is 4.53. The lowest BCUT2D eigenvalue weighted by atomic mass is 9.86. The van der Waals surface area contributed by atoms with E-state index in [1.165, 1.54) is 0 Å². The van der Waals surface area contributed by atoms with Gasteiger partial charge in [-0.15, -0.1) is 0 Å². The van der Waals surface area contributed by atoms with E-state index in [2.05, 4.69) is 31.4 Å². The van der Waals surface area contributed by atoms with Gasteiger partial charge in [-0.2, -0.15) is 0 Å². The van der Waals surface area contributed by atoms with Crippen LogP contribution in [-0.2, 0) is 10.2 Å². The lowest BCUT2D eigenvalue weighted by Crippen LogP contribution is -2.33. The second-order valence-electron chi connectivity index (χ2n) is 7.91. The number of rotatable bonds is 7. The van der Waals surface area contributed by atoms with Crippen LogP contribution in [0.1, 0.15) is 57.0 Å². The molecule has 5 heteroatoms. The number of carbonyl (C=O) groups excluding carboxylic acids is 2. The highest BCUT2D eigenvalue weighted by molar-refractivity contribution is 6.04. The molecule has 0 fully saturated rings. The molecule has 2 rings (SSSR count). The van der Waals surface area contributed by atoms with Crippen LogP contribution in [0, 0.1) is 0 Å². The zero-order valence-electron chi connectivity index (χ0n) is 17.3. The van der Waals surface area contributed by atoms with Crippen LogP contribution in [0.4, 0.5) is 5.69 Å². The molecule has 2 aromatic rings. The standard InChI is InChI=1S/C23H30N2O3/c1-6-16(2)24-22(27)17-11-7-9-13-19(17)25-21(26)15-28-20-14-10-8-12-18(20)23(3,4)5/h7-14,16H,6,15H2,1-5H3,(H,24,27)(H,25,26)/t16-/m1/s1. The van der Waals surface area contributed by atoms with Crippen LogP contribution in [-0.4, -0.2) is 24.5 Å². The molecule has 28 heavy (non-hydrogen) atoms. The van der Waals surface area contributed by atoms with Crippen molar-refractivity contribution in [3.63, 3.8) is 0 Å². The number of ether oxygens (including phenoxy) is 1. The van der Waals surface area contributed by atoms with E-state index in [9.17, 15) is 9.59 Å². The minimum Gasteiger partial charge on any atom is -0.483 e. The van der Waals surface area contributed by atoms with Gasteiger partial charge in [0.25, 0.3) is 11.8 Å². The molecule has 0 spiro atoms. The Labute approximate surface area is 167 Å². The molecule has 0 aromatic heterocycles. The third-order valence-corrected chi connectivity index (χ3v) is 4.49. The fraction of sp³-hybridized carbons (Fsp3) is 0.391. The van der Waals surface area contributed by atoms with Crippen molar-refractivity contribution < 1.29 is 14.3 Å². The fourth-order valence-corrected chi connectivity index (χ4v) is 2.74. The highest BCUT2D eigenvalue weighted by atomic mass is 16.5. The van der Waals surface area contributed by atoms with Crippen LogP contribution in [0.25, 0.3) is 0 Å². The van der Waals surface area contributed by atoms with Crippen molar-refractivity contribution in [3.8, 4) is 5.75 Å². The molecule has 0 radical (unpaired) electrons. The minimum absolute atomic E-state index is 0.0634. The predicted molar refractivity (Wildman–Crippen MR) is 113 cm³/mol. The number of para-hydroxylation sites is 2. The maximum Gasteiger partial charge on any atom is 0.262 e. The Morgan fingerprint density at radius 3 is 2.36 bits per heavy atom. The smallest absolute Gasteiger partial charge is 0.262 e. The number of hydrogen-bond acceptors (Lipinski definition) is 3. The van der Waals surface area contributed by atoms with E-state index in [0.29, 0.717) is 17.0 Å². The van der Waals surface area contributed by atoms with E-state index >= 15 is 0 Å². The summed E-state index contributed by atoms with van der Waals surface area (Å²) in [5.74, 6) is 0.171. The summed E-state index contributed by atoms with van der Waals surface area (Å²) in [6.45, 7) is 10.1. The van der Waals surface area contributed by atoms with Gasteiger partial charge in [-0.25, -0.2) is 0 Å². The van der Waals surface area contributed by atoms with Gasteiger partial charge < -0.3 is 15.4 Å². The second kappa shape index (κ2) is 9.40. The molecule has 1 atom stereocenters. The molecule has 0 bridgehead atoms. The highest BCUT2D eigenvalue weighted by Gasteiger charge is 2.19. The first-order valence-electron chi connectivity index (χ1n) is 9.64. The van der Waals surface area contributed by atoms with Gasteiger partial charge in [0.1, 0.15) is 5.75 Å². The average molecular weight is 383 g/mol. The number of nitrogens with one attached hydrogen (secondary N) is 2. The quantitative estimate of drug-likeness (QED) is 0.739. The van der Waals surface area contributed by atoms with E-state index in [0.717, 1.165) is 12.0 Å². The Balaban J connectivity index is 2.06. The number of anilines is 1. The second-order valence-corrected chi connectivity index (χ2v) is 7.91. The van der Waals surface area contributed by atoms with Gasteiger partial charge in [-0.1, -0.05) is 58.0 Å². The molecule has 0 unspecified atom stereocenters. The van der Waals surface area contributed by atoms with Gasteiger partial charge >= 0.3 is 0 Å². The van der Waals surface area contributed by atoms with Crippen LogP contribution in [0.15, 0.2) is 48.5 Å². The third-order valence-electron chi connectivity index (χ3n) is 4.49. The summed E-state index contributed by atoms with van der Waals surface area (Å²) in [5, 5.41) is 5.71. The van der Waals surface area contributed by atoms with Crippen molar-refractivity contribution in [3.05, 3.63) is 59.7 Å². The first-order chi connectivity index (χ1) is 13.2. The van der Waals surface area contributed by atoms with Gasteiger partial charge in [-0.3, -0.25) is 9.59 Å². The maximum absolute atomic E-state index is 12.5. The van der Waals surface area contributed by atoms with Crippen LogP contribution < -0.4 is 15.4 Å². The summed E-state index contributed by atoms with van der Waals surface area (Å²) in [4.78, 5) is 24.9. The van der Waals surface area contributed by atoms with E-state index in [4.69, 9.17) is 4.74 Å². The van der Waals surface area contributed by atoms with E-state index < -0.39 is 0 Å². The van der Waals surface area contributed by atoms with Crippen molar-refractivity contribution in [1.29, 1.82) is 0 Å². The molecule has 2 amide bonds. The van der Waals surface area contributed by atoms with Crippen molar-refractivity contribution in [2.45, 2.75) is 52.5 Å². The van der Waals surface area contributed by atoms with Gasteiger partial charge in [0.15, 0.2) is 6.61 Å². The Hall–Kier alpha value is -2.82. The first kappa shape index (κ1) is 21.5. The van der Waals surface area contributed by atoms with Crippen molar-refractivity contribution in [2.24, 2.45) is 0 Å². The zero-order valence-corrected chi connectivity index (χ0v) is 17.3. The normalized spacial score (nSPS) is 12.2. The SMILES string of the molecule is CC[C@@H](C)NC(=O)c1ccccc1NC(=O)COc1ccccc1C(C)(C)C. The van der Waals surface area contributed by atoms with Gasteiger partial charge in [0, 0.05) is 6.04 Å². The first-order valence-corrected chi connectivity index (χ1v) is 9.64. The van der Waals surface area contributed by atoms with Crippen LogP contribution in [0.2, 0.25) is 0 Å². The number of amides is 2. The molecule has 2 N–H and O–H groups in total. The van der Waals surface area contributed by atoms with Crippen molar-refractivity contribution in [2.75, 3.05) is 11.9 Å². The number of benzene rings is 2. The third kappa shape index (κ3) is 5.84. The topological polar surface area (TPSA) is 67.4 Å². The summed E-state index contributed by atoms with van der Waals surface area (Å²) < 4.78 is 5.77. The molecule has 150 valence electrons. The summed E-state index contributed by atoms with van der Waals surface area (Å²) in [6.07, 6.45) is 0.835. The molecule has 2 aromatic carbocycles. The molecular weight excluding hydrogens is 352 g/mol. The molecule has 5 nitrogen and oxygen atoms in total. The van der Waals surface area contributed by atoms with E-state index in [1.54, 1.807) is 24.3 Å². The Bertz CT molecular complexity index is 825. The lowest BCUT2D eigenvalue weighted by molar-refractivity contribution is -0.118. The van der Waals surface area contributed by atoms with E-state index in [1.807, 2.05) is 38.1 Å². The highest BCUT2D eigenvalue weighted by Crippen LogP contribution is 2.30. The van der Waals surface area contributed by atoms with Crippen LogP contribution in [0.3, 0.4) is 0 Å². The van der Waals surface area contributed by atoms with Crippen molar-refractivity contribution >= 4 is 17.5 Å². The van der Waals surface area contributed by atoms with Gasteiger partial charge in [-0.05, 0) is 42.5 Å². The monoisotopic (exact) mass is 382 g/mol. The molecule has 0 aliphatic carbocycles. The Morgan fingerprint density at radius 1 is 1.04 bits per heavy atom. The summed E-state index contributed by atoms with van der Waals surface area (Å²) in [7, 11) is 0. The summed E-state index contributed by atoms with van der Waals surface area (Å²) in [5.41, 5.74) is 1.86. The molecule has 0 heterocycles. The number of carbonyl (C=O) groups is 2. The summed E-state index contributed by atoms with van der Waals surface area (Å²) >= 11 is 0. The van der Waals surface area contributed by atoms with E-state index in [-0.39, 0.29) is 29.9 Å². The lowest BCUT2D eigenvalue weighted by Gasteiger charge is -2.22. The molecule has 0 aliphatic heterocycles.